The molecule has 6 nitrogen and oxygen atoms in total. The molecule has 21 heavy (non-hydrogen) atoms. The van der Waals surface area contributed by atoms with Crippen LogP contribution in [0.4, 0.5) is 0 Å². The van der Waals surface area contributed by atoms with Crippen LogP contribution in [0.3, 0.4) is 0 Å². The van der Waals surface area contributed by atoms with Crippen molar-refractivity contribution in [3.8, 4) is 0 Å². The number of allylic oxidation sites excluding steroid dienone is 2. The molecular formula is C15H19N5O. The first-order valence-corrected chi connectivity index (χ1v) is 6.57. The summed E-state index contributed by atoms with van der Waals surface area (Å²) in [6.45, 7) is 0. The third kappa shape index (κ3) is 3.47. The highest BCUT2D eigenvalue weighted by Crippen LogP contribution is 2.16. The fourth-order valence-electron chi connectivity index (χ4n) is 1.82. The Kier molecular flexibility index (Phi) is 4.37. The second-order valence-corrected chi connectivity index (χ2v) is 5.11. The maximum absolute atomic E-state index is 12.4. The Morgan fingerprint density at radius 3 is 2.52 bits per heavy atom. The number of carbonyl (C=O) groups is 1. The minimum atomic E-state index is -0.131. The average Bonchev–Trinajstić information content (AvgIpc) is 2.85. The number of ketones is 1. The van der Waals surface area contributed by atoms with Crippen molar-refractivity contribution in [2.24, 2.45) is 0 Å². The number of hydrogen-bond donors (Lipinski definition) is 0. The summed E-state index contributed by atoms with van der Waals surface area (Å²) in [6.07, 6.45) is 4.97. The van der Waals surface area contributed by atoms with E-state index in [9.17, 15) is 4.79 Å². The summed E-state index contributed by atoms with van der Waals surface area (Å²) in [7, 11) is 7.46. The summed E-state index contributed by atoms with van der Waals surface area (Å²) in [5.41, 5.74) is 2.01. The minimum Gasteiger partial charge on any atom is -0.383 e. The van der Waals surface area contributed by atoms with E-state index in [4.69, 9.17) is 0 Å². The number of aromatic nitrogens is 3. The Hall–Kier alpha value is -2.63. The van der Waals surface area contributed by atoms with Crippen LogP contribution in [-0.4, -0.2) is 58.8 Å². The molecule has 2 aromatic rings. The molecule has 0 atom stereocenters. The van der Waals surface area contributed by atoms with E-state index in [2.05, 4.69) is 10.3 Å². The highest BCUT2D eigenvalue weighted by molar-refractivity contribution is 6.21. The Morgan fingerprint density at radius 2 is 1.86 bits per heavy atom. The van der Waals surface area contributed by atoms with E-state index in [1.54, 1.807) is 17.1 Å². The smallest absolute Gasteiger partial charge is 0.207 e. The van der Waals surface area contributed by atoms with Gasteiger partial charge in [-0.3, -0.25) is 4.79 Å². The molecule has 0 amide bonds. The second kappa shape index (κ2) is 6.21. The lowest BCUT2D eigenvalue weighted by Gasteiger charge is -2.11. The third-order valence-electron chi connectivity index (χ3n) is 2.74. The molecule has 0 radical (unpaired) electrons. The van der Waals surface area contributed by atoms with Gasteiger partial charge < -0.3 is 9.80 Å². The van der Waals surface area contributed by atoms with Crippen molar-refractivity contribution in [3.63, 3.8) is 0 Å². The van der Waals surface area contributed by atoms with Gasteiger partial charge in [0, 0.05) is 46.7 Å². The van der Waals surface area contributed by atoms with E-state index in [1.165, 1.54) is 6.08 Å². The summed E-state index contributed by atoms with van der Waals surface area (Å²) in [5.74, 6) is -0.131. The van der Waals surface area contributed by atoms with Gasteiger partial charge in [0.15, 0.2) is 0 Å². The van der Waals surface area contributed by atoms with E-state index < -0.39 is 0 Å². The van der Waals surface area contributed by atoms with Gasteiger partial charge in [0.1, 0.15) is 11.2 Å². The molecule has 0 fully saturated rings. The number of nitrogens with zero attached hydrogens (tertiary/aromatic N) is 5. The molecule has 0 saturated heterocycles. The highest BCUT2D eigenvalue weighted by Gasteiger charge is 2.14. The molecule has 0 spiro atoms. The summed E-state index contributed by atoms with van der Waals surface area (Å²) < 4.78 is 1.57. The molecule has 110 valence electrons. The van der Waals surface area contributed by atoms with Gasteiger partial charge in [-0.2, -0.15) is 0 Å². The van der Waals surface area contributed by atoms with Crippen LogP contribution < -0.4 is 0 Å². The van der Waals surface area contributed by atoms with Crippen LogP contribution in [0.15, 0.2) is 42.7 Å². The van der Waals surface area contributed by atoms with Gasteiger partial charge in [-0.05, 0) is 12.1 Å². The van der Waals surface area contributed by atoms with Gasteiger partial charge in [0.2, 0.25) is 5.78 Å². The summed E-state index contributed by atoms with van der Waals surface area (Å²) in [4.78, 5) is 16.1. The van der Waals surface area contributed by atoms with Gasteiger partial charge in [-0.15, -0.1) is 5.10 Å². The molecule has 0 unspecified atom stereocenters. The van der Waals surface area contributed by atoms with Gasteiger partial charge in [-0.1, -0.05) is 17.3 Å². The van der Waals surface area contributed by atoms with Crippen molar-refractivity contribution in [1.82, 2.24) is 24.8 Å². The van der Waals surface area contributed by atoms with Crippen LogP contribution in [0.1, 0.15) is 0 Å². The first-order chi connectivity index (χ1) is 9.99. The van der Waals surface area contributed by atoms with Crippen molar-refractivity contribution in [3.05, 3.63) is 42.7 Å². The van der Waals surface area contributed by atoms with Crippen LogP contribution in [0, 0.1) is 0 Å². The van der Waals surface area contributed by atoms with Crippen molar-refractivity contribution >= 4 is 22.5 Å². The molecule has 0 aliphatic carbocycles. The zero-order valence-electron chi connectivity index (χ0n) is 12.7. The number of benzene rings is 1. The number of carbonyl (C=O) groups excluding carboxylic acids is 1. The number of fused-ring (bicyclic) bond motifs is 1. The maximum atomic E-state index is 12.4. The molecule has 6 heteroatoms. The third-order valence-corrected chi connectivity index (χ3v) is 2.74. The fraction of sp³-hybridized carbons (Fsp3) is 0.267. The van der Waals surface area contributed by atoms with Crippen LogP contribution in [-0.2, 0) is 4.79 Å². The summed E-state index contributed by atoms with van der Waals surface area (Å²) in [5, 5.41) is 8.19. The second-order valence-electron chi connectivity index (χ2n) is 5.11. The van der Waals surface area contributed by atoms with E-state index >= 15 is 0 Å². The fourth-order valence-corrected chi connectivity index (χ4v) is 1.82. The van der Waals surface area contributed by atoms with Gasteiger partial charge in [-0.25, -0.2) is 4.68 Å². The van der Waals surface area contributed by atoms with E-state index in [0.29, 0.717) is 5.70 Å². The summed E-state index contributed by atoms with van der Waals surface area (Å²) in [6, 6.07) is 7.55. The van der Waals surface area contributed by atoms with E-state index in [0.717, 1.165) is 11.0 Å². The molecule has 0 aliphatic rings. The number of hydrogen-bond acceptors (Lipinski definition) is 5. The molecule has 0 aliphatic heterocycles. The van der Waals surface area contributed by atoms with Crippen LogP contribution in [0.5, 0.6) is 0 Å². The minimum absolute atomic E-state index is 0.131. The molecule has 1 aromatic heterocycles. The molecule has 1 aromatic carbocycles. The van der Waals surface area contributed by atoms with E-state index in [1.807, 2.05) is 62.3 Å². The number of rotatable bonds is 5. The lowest BCUT2D eigenvalue weighted by Crippen LogP contribution is -2.14. The standard InChI is InChI=1S/C15H19N5O/c1-18(2)10-9-15(21)14(11-19(3)4)20-13-8-6-5-7-12(13)16-17-20/h5-11H,1-4H3. The zero-order chi connectivity index (χ0) is 15.4. The number of para-hydroxylation sites is 1. The Balaban J connectivity index is 2.49. The first-order valence-electron chi connectivity index (χ1n) is 6.57. The molecule has 0 bridgehead atoms. The SMILES string of the molecule is CN(C)C=CC(=O)C(=CN(C)C)n1nnc2ccccc21. The van der Waals surface area contributed by atoms with Gasteiger partial charge in [0.25, 0.3) is 0 Å². The monoisotopic (exact) mass is 285 g/mol. The average molecular weight is 285 g/mol. The van der Waals surface area contributed by atoms with Crippen LogP contribution >= 0.6 is 0 Å². The zero-order valence-corrected chi connectivity index (χ0v) is 12.7. The Bertz CT molecular complexity index is 697. The molecule has 2 rings (SSSR count). The maximum Gasteiger partial charge on any atom is 0.207 e. The lowest BCUT2D eigenvalue weighted by molar-refractivity contribution is -0.110. The topological polar surface area (TPSA) is 54.3 Å². The Morgan fingerprint density at radius 1 is 1.14 bits per heavy atom. The van der Waals surface area contributed by atoms with Crippen molar-refractivity contribution in [2.75, 3.05) is 28.2 Å². The lowest BCUT2D eigenvalue weighted by atomic mass is 10.2. The van der Waals surface area contributed by atoms with Crippen molar-refractivity contribution < 1.29 is 4.79 Å². The molecule has 0 saturated carbocycles. The van der Waals surface area contributed by atoms with Crippen molar-refractivity contribution in [1.29, 1.82) is 0 Å². The predicted molar refractivity (Wildman–Crippen MR) is 83.3 cm³/mol. The van der Waals surface area contributed by atoms with E-state index in [-0.39, 0.29) is 5.78 Å². The summed E-state index contributed by atoms with van der Waals surface area (Å²) >= 11 is 0. The highest BCUT2D eigenvalue weighted by atomic mass is 16.1. The quantitative estimate of drug-likeness (QED) is 0.778. The predicted octanol–water partition coefficient (Wildman–Crippen LogP) is 1.44. The molecule has 1 heterocycles. The van der Waals surface area contributed by atoms with Gasteiger partial charge in [0.05, 0.1) is 5.52 Å². The van der Waals surface area contributed by atoms with Crippen LogP contribution in [0.2, 0.25) is 0 Å². The normalized spacial score (nSPS) is 12.1. The largest absolute Gasteiger partial charge is 0.383 e. The van der Waals surface area contributed by atoms with Gasteiger partial charge >= 0.3 is 0 Å². The first kappa shape index (κ1) is 14.8. The van der Waals surface area contributed by atoms with Crippen LogP contribution in [0.25, 0.3) is 16.7 Å². The van der Waals surface area contributed by atoms with Crippen molar-refractivity contribution in [2.45, 2.75) is 0 Å². The molecular weight excluding hydrogens is 266 g/mol. The molecule has 0 N–H and O–H groups in total. The Labute approximate surface area is 123 Å².